The summed E-state index contributed by atoms with van der Waals surface area (Å²) in [4.78, 5) is 43.9. The van der Waals surface area contributed by atoms with Crippen molar-refractivity contribution in [1.29, 1.82) is 0 Å². The van der Waals surface area contributed by atoms with E-state index in [2.05, 4.69) is 10.1 Å². The number of carbonyl (C=O) groups is 3. The first kappa shape index (κ1) is 26.1. The predicted molar refractivity (Wildman–Crippen MR) is 140 cm³/mol. The minimum absolute atomic E-state index is 0.0570. The zero-order chi connectivity index (χ0) is 27.8. The number of amides is 2. The average molecular weight is 552 g/mol. The number of piperazine rings is 1. The molecule has 1 fully saturated rings. The second kappa shape index (κ2) is 10.3. The molecule has 0 bridgehead atoms. The lowest BCUT2D eigenvalue weighted by Crippen LogP contribution is -2.50. The minimum Gasteiger partial charge on any atom is -0.487 e. The van der Waals surface area contributed by atoms with E-state index in [1.165, 1.54) is 29.3 Å². The third-order valence-corrected chi connectivity index (χ3v) is 6.98. The van der Waals surface area contributed by atoms with Crippen molar-refractivity contribution in [2.45, 2.75) is 13.5 Å². The molecule has 0 radical (unpaired) electrons. The van der Waals surface area contributed by atoms with Gasteiger partial charge in [-0.3, -0.25) is 9.59 Å². The summed E-state index contributed by atoms with van der Waals surface area (Å²) in [6, 6.07) is 10.5. The van der Waals surface area contributed by atoms with Gasteiger partial charge in [0.2, 0.25) is 5.91 Å². The van der Waals surface area contributed by atoms with Gasteiger partial charge in [-0.25, -0.2) is 14.2 Å². The Morgan fingerprint density at radius 1 is 1.15 bits per heavy atom. The number of fused-ring (bicyclic) bond motifs is 1. The third-order valence-electron chi connectivity index (χ3n) is 6.57. The Bertz CT molecular complexity index is 1640. The number of benzene rings is 2. The molecule has 10 nitrogen and oxygen atoms in total. The molecule has 39 heavy (non-hydrogen) atoms. The van der Waals surface area contributed by atoms with Crippen LogP contribution in [0.4, 0.5) is 9.18 Å². The molecule has 0 aliphatic carbocycles. The summed E-state index contributed by atoms with van der Waals surface area (Å²) in [5, 5.41) is 14.4. The average Bonchev–Trinajstić information content (AvgIpc) is 3.30. The van der Waals surface area contributed by atoms with Gasteiger partial charge in [-0.2, -0.15) is 5.10 Å². The largest absolute Gasteiger partial charge is 0.487 e. The molecule has 0 saturated carbocycles. The van der Waals surface area contributed by atoms with Gasteiger partial charge in [0.25, 0.3) is 5.91 Å². The molecule has 12 heteroatoms. The maximum Gasteiger partial charge on any atom is 0.434 e. The monoisotopic (exact) mass is 551 g/mol. The highest BCUT2D eigenvalue weighted by Crippen LogP contribution is 2.37. The first-order valence-corrected chi connectivity index (χ1v) is 12.3. The van der Waals surface area contributed by atoms with Crippen molar-refractivity contribution < 1.29 is 28.6 Å². The van der Waals surface area contributed by atoms with Gasteiger partial charge in [-0.15, -0.1) is 4.68 Å². The minimum atomic E-state index is -1.29. The van der Waals surface area contributed by atoms with E-state index in [-0.39, 0.29) is 41.6 Å². The molecular weight excluding hydrogens is 529 g/mol. The van der Waals surface area contributed by atoms with Gasteiger partial charge in [0, 0.05) is 53.4 Å². The lowest BCUT2D eigenvalue weighted by atomic mass is 9.99. The van der Waals surface area contributed by atoms with E-state index in [9.17, 15) is 19.5 Å². The molecule has 2 amide bonds. The summed E-state index contributed by atoms with van der Waals surface area (Å²) in [6.45, 7) is 2.34. The molecular formula is C27H23ClFN5O5. The first-order valence-electron chi connectivity index (χ1n) is 12.0. The number of carboxylic acid groups (broad SMARTS) is 1. The topological polar surface area (TPSA) is 118 Å². The molecule has 5 rings (SSSR count). The van der Waals surface area contributed by atoms with E-state index in [0.717, 1.165) is 4.68 Å². The van der Waals surface area contributed by atoms with Crippen molar-refractivity contribution in [2.24, 2.45) is 0 Å². The summed E-state index contributed by atoms with van der Waals surface area (Å²) >= 11 is 6.39. The van der Waals surface area contributed by atoms with Crippen LogP contribution in [0, 0.1) is 12.7 Å². The van der Waals surface area contributed by atoms with Crippen molar-refractivity contribution in [3.05, 3.63) is 76.3 Å². The van der Waals surface area contributed by atoms with Crippen LogP contribution in [0.25, 0.3) is 22.2 Å². The molecule has 1 aliphatic rings. The Balaban J connectivity index is 1.50. The molecule has 4 aromatic rings. The fourth-order valence-corrected chi connectivity index (χ4v) is 4.53. The smallest absolute Gasteiger partial charge is 0.434 e. The fourth-order valence-electron chi connectivity index (χ4n) is 4.36. The Morgan fingerprint density at radius 3 is 2.69 bits per heavy atom. The van der Waals surface area contributed by atoms with E-state index in [0.29, 0.717) is 40.3 Å². The van der Waals surface area contributed by atoms with E-state index >= 15 is 4.39 Å². The number of likely N-dealkylation sites (N-methyl/N-ethyl adjacent to an activating group) is 1. The zero-order valence-corrected chi connectivity index (χ0v) is 21.8. The molecule has 2 aromatic heterocycles. The summed E-state index contributed by atoms with van der Waals surface area (Å²) < 4.78 is 22.0. The molecule has 2 aromatic carbocycles. The molecule has 200 valence electrons. The van der Waals surface area contributed by atoms with Crippen LogP contribution in [0.5, 0.6) is 5.75 Å². The number of halogens is 2. The van der Waals surface area contributed by atoms with Gasteiger partial charge < -0.3 is 19.6 Å². The Morgan fingerprint density at radius 2 is 1.95 bits per heavy atom. The molecule has 1 N–H and O–H groups in total. The van der Waals surface area contributed by atoms with Crippen LogP contribution in [0.1, 0.15) is 21.6 Å². The van der Waals surface area contributed by atoms with Crippen molar-refractivity contribution >= 4 is 40.5 Å². The Hall–Kier alpha value is -4.51. The maximum atomic E-state index is 15.2. The van der Waals surface area contributed by atoms with E-state index < -0.39 is 17.8 Å². The highest BCUT2D eigenvalue weighted by molar-refractivity contribution is 6.31. The number of hydrogen-bond acceptors (Lipinski definition) is 6. The SMILES string of the molecule is Cc1cc(OCc2nn(C(=O)O)c3ncccc23)c(-c2cc(C(=O)N3CCN(C)C(=O)C3)ccc2F)cc1Cl. The second-order valence-electron chi connectivity index (χ2n) is 9.14. The van der Waals surface area contributed by atoms with Crippen LogP contribution in [0.3, 0.4) is 0 Å². The van der Waals surface area contributed by atoms with Crippen LogP contribution in [0.2, 0.25) is 5.02 Å². The standard InChI is InChI=1S/C27H23ClFN5O5/c1-15-10-23(39-14-22-17-4-3-7-30-25(17)34(31-22)27(37)38)19(12-20(15)28)18-11-16(5-6-21(18)29)26(36)33-9-8-32(2)24(35)13-33/h3-7,10-12H,8-9,13-14H2,1-2H3,(H,37,38). The number of aryl methyl sites for hydroxylation is 1. The predicted octanol–water partition coefficient (Wildman–Crippen LogP) is 4.22. The molecule has 1 saturated heterocycles. The number of pyridine rings is 1. The van der Waals surface area contributed by atoms with Crippen LogP contribution in [-0.2, 0) is 11.4 Å². The normalized spacial score (nSPS) is 13.7. The highest BCUT2D eigenvalue weighted by Gasteiger charge is 2.27. The zero-order valence-electron chi connectivity index (χ0n) is 21.0. The molecule has 0 unspecified atom stereocenters. The van der Waals surface area contributed by atoms with Crippen LogP contribution >= 0.6 is 11.6 Å². The van der Waals surface area contributed by atoms with Gasteiger partial charge in [0.15, 0.2) is 5.65 Å². The van der Waals surface area contributed by atoms with Crippen molar-refractivity contribution in [3.8, 4) is 16.9 Å². The highest BCUT2D eigenvalue weighted by atomic mass is 35.5. The molecule has 1 aliphatic heterocycles. The van der Waals surface area contributed by atoms with E-state index in [4.69, 9.17) is 16.3 Å². The van der Waals surface area contributed by atoms with Crippen molar-refractivity contribution in [2.75, 3.05) is 26.7 Å². The fraction of sp³-hybridized carbons (Fsp3) is 0.222. The lowest BCUT2D eigenvalue weighted by Gasteiger charge is -2.32. The molecule has 0 spiro atoms. The summed E-state index contributed by atoms with van der Waals surface area (Å²) in [7, 11) is 1.67. The van der Waals surface area contributed by atoms with Crippen LogP contribution in [0.15, 0.2) is 48.7 Å². The number of ether oxygens (including phenoxy) is 1. The van der Waals surface area contributed by atoms with Crippen LogP contribution in [-0.4, -0.2) is 74.3 Å². The van der Waals surface area contributed by atoms with Crippen LogP contribution < -0.4 is 4.74 Å². The van der Waals surface area contributed by atoms with Gasteiger partial charge in [-0.1, -0.05) is 11.6 Å². The Labute approximate surface area is 227 Å². The molecule has 3 heterocycles. The Kier molecular flexibility index (Phi) is 6.92. The van der Waals surface area contributed by atoms with Gasteiger partial charge >= 0.3 is 6.09 Å². The summed E-state index contributed by atoms with van der Waals surface area (Å²) in [5.74, 6) is -0.907. The lowest BCUT2D eigenvalue weighted by molar-refractivity contribution is -0.133. The summed E-state index contributed by atoms with van der Waals surface area (Å²) in [6.07, 6.45) is 0.169. The van der Waals surface area contributed by atoms with E-state index in [1.54, 1.807) is 43.1 Å². The molecule has 0 atom stereocenters. The number of aromatic nitrogens is 3. The maximum absolute atomic E-state index is 15.2. The first-order chi connectivity index (χ1) is 18.6. The van der Waals surface area contributed by atoms with Crippen molar-refractivity contribution in [1.82, 2.24) is 24.6 Å². The quantitative estimate of drug-likeness (QED) is 0.394. The van der Waals surface area contributed by atoms with Crippen molar-refractivity contribution in [3.63, 3.8) is 0 Å². The second-order valence-corrected chi connectivity index (χ2v) is 9.55. The number of carbonyl (C=O) groups excluding carboxylic acids is 2. The number of nitrogens with zero attached hydrogens (tertiary/aromatic N) is 5. The number of hydrogen-bond donors (Lipinski definition) is 1. The summed E-state index contributed by atoms with van der Waals surface area (Å²) in [5.41, 5.74) is 1.75. The van der Waals surface area contributed by atoms with Gasteiger partial charge in [0.05, 0.1) is 0 Å². The van der Waals surface area contributed by atoms with Gasteiger partial charge in [0.1, 0.15) is 30.4 Å². The number of rotatable bonds is 5. The van der Waals surface area contributed by atoms with Gasteiger partial charge in [-0.05, 0) is 55.0 Å². The third kappa shape index (κ3) is 5.00. The van der Waals surface area contributed by atoms with E-state index in [1.807, 2.05) is 0 Å².